The molecule has 0 bridgehead atoms. The third-order valence-electron chi connectivity index (χ3n) is 5.87. The second-order valence-corrected chi connectivity index (χ2v) is 7.73. The number of nitrogens with zero attached hydrogens (tertiary/aromatic N) is 3. The third-order valence-corrected chi connectivity index (χ3v) is 5.87. The van der Waals surface area contributed by atoms with Crippen LogP contribution in [0, 0.1) is 26.6 Å². The second-order valence-electron chi connectivity index (χ2n) is 7.73. The Bertz CT molecular complexity index is 1050. The lowest BCUT2D eigenvalue weighted by molar-refractivity contribution is 0.554. The highest BCUT2D eigenvalue weighted by molar-refractivity contribution is 5.64. The Kier molecular flexibility index (Phi) is 5.22. The lowest BCUT2D eigenvalue weighted by atomic mass is 9.91. The smallest absolute Gasteiger partial charge is 0.228 e. The Morgan fingerprint density at radius 2 is 1.90 bits per heavy atom. The standard InChI is InChI=1S/C24H27FN4/c1-5-22-20-9-7-6-8-18(20)12-13-29(22)24-26-17(4)16(3)23(28-24)27-21-11-10-19(25)14-15(21)2/h6-11,14,22H,5,12-13H2,1-4H3,(H,26,27,28). The summed E-state index contributed by atoms with van der Waals surface area (Å²) in [6.07, 6.45) is 1.98. The number of fused-ring (bicyclic) bond motifs is 1. The zero-order valence-electron chi connectivity index (χ0n) is 17.5. The first kappa shape index (κ1) is 19.4. The van der Waals surface area contributed by atoms with Gasteiger partial charge in [0.2, 0.25) is 5.95 Å². The van der Waals surface area contributed by atoms with Crippen LogP contribution in [0.3, 0.4) is 0 Å². The van der Waals surface area contributed by atoms with Crippen LogP contribution in [-0.2, 0) is 6.42 Å². The van der Waals surface area contributed by atoms with Crippen molar-refractivity contribution in [2.24, 2.45) is 0 Å². The number of hydrogen-bond acceptors (Lipinski definition) is 4. The van der Waals surface area contributed by atoms with Gasteiger partial charge in [0.05, 0.1) is 6.04 Å². The molecule has 5 heteroatoms. The number of benzene rings is 2. The quantitative estimate of drug-likeness (QED) is 0.611. The number of halogens is 1. The number of hydrogen-bond donors (Lipinski definition) is 1. The molecule has 3 aromatic rings. The van der Waals surface area contributed by atoms with E-state index in [9.17, 15) is 4.39 Å². The topological polar surface area (TPSA) is 41.1 Å². The fourth-order valence-corrected chi connectivity index (χ4v) is 4.09. The van der Waals surface area contributed by atoms with Crippen molar-refractivity contribution < 1.29 is 4.39 Å². The number of aryl methyl sites for hydroxylation is 2. The maximum absolute atomic E-state index is 13.5. The van der Waals surface area contributed by atoms with E-state index in [0.29, 0.717) is 0 Å². The molecule has 1 atom stereocenters. The summed E-state index contributed by atoms with van der Waals surface area (Å²) in [5.41, 5.74) is 6.44. The van der Waals surface area contributed by atoms with E-state index in [1.807, 2.05) is 20.8 Å². The van der Waals surface area contributed by atoms with Crippen molar-refractivity contribution in [1.82, 2.24) is 9.97 Å². The van der Waals surface area contributed by atoms with Gasteiger partial charge in [0.15, 0.2) is 0 Å². The zero-order valence-corrected chi connectivity index (χ0v) is 17.5. The molecule has 0 fully saturated rings. The maximum Gasteiger partial charge on any atom is 0.228 e. The Hall–Kier alpha value is -2.95. The molecular weight excluding hydrogens is 363 g/mol. The van der Waals surface area contributed by atoms with Crippen LogP contribution in [0.2, 0.25) is 0 Å². The first-order chi connectivity index (χ1) is 14.0. The molecule has 0 saturated heterocycles. The van der Waals surface area contributed by atoms with Crippen molar-refractivity contribution in [3.63, 3.8) is 0 Å². The zero-order chi connectivity index (χ0) is 20.5. The first-order valence-electron chi connectivity index (χ1n) is 10.2. The fourth-order valence-electron chi connectivity index (χ4n) is 4.09. The van der Waals surface area contributed by atoms with Crippen LogP contribution >= 0.6 is 0 Å². The van der Waals surface area contributed by atoms with Crippen LogP contribution in [-0.4, -0.2) is 16.5 Å². The van der Waals surface area contributed by atoms with Crippen LogP contribution in [0.25, 0.3) is 0 Å². The lowest BCUT2D eigenvalue weighted by Gasteiger charge is -2.37. The summed E-state index contributed by atoms with van der Waals surface area (Å²) in [5, 5.41) is 3.40. The summed E-state index contributed by atoms with van der Waals surface area (Å²) in [6, 6.07) is 13.7. The summed E-state index contributed by atoms with van der Waals surface area (Å²) in [5.74, 6) is 1.29. The van der Waals surface area contributed by atoms with Crippen molar-refractivity contribution in [1.29, 1.82) is 0 Å². The molecule has 1 N–H and O–H groups in total. The summed E-state index contributed by atoms with van der Waals surface area (Å²) < 4.78 is 13.5. The van der Waals surface area contributed by atoms with E-state index in [4.69, 9.17) is 9.97 Å². The van der Waals surface area contributed by atoms with E-state index >= 15 is 0 Å². The minimum absolute atomic E-state index is 0.234. The number of rotatable bonds is 4. The van der Waals surface area contributed by atoms with Gasteiger partial charge in [0.1, 0.15) is 11.6 Å². The molecule has 4 nitrogen and oxygen atoms in total. The number of anilines is 3. The van der Waals surface area contributed by atoms with Crippen LogP contribution in [0.5, 0.6) is 0 Å². The Labute approximate surface area is 171 Å². The van der Waals surface area contributed by atoms with Crippen LogP contribution in [0.1, 0.15) is 47.3 Å². The van der Waals surface area contributed by atoms with E-state index < -0.39 is 0 Å². The highest BCUT2D eigenvalue weighted by Crippen LogP contribution is 2.35. The SMILES string of the molecule is CCC1c2ccccc2CCN1c1nc(C)c(C)c(Nc2ccc(F)cc2C)n1. The van der Waals surface area contributed by atoms with Crippen molar-refractivity contribution in [3.8, 4) is 0 Å². The minimum atomic E-state index is -0.234. The summed E-state index contributed by atoms with van der Waals surface area (Å²) in [4.78, 5) is 12.0. The fraction of sp³-hybridized carbons (Fsp3) is 0.333. The lowest BCUT2D eigenvalue weighted by Crippen LogP contribution is -2.36. The van der Waals surface area contributed by atoms with E-state index in [-0.39, 0.29) is 11.9 Å². The van der Waals surface area contributed by atoms with E-state index in [1.165, 1.54) is 23.3 Å². The maximum atomic E-state index is 13.5. The van der Waals surface area contributed by atoms with Crippen LogP contribution in [0.4, 0.5) is 21.8 Å². The van der Waals surface area contributed by atoms with Gasteiger partial charge in [-0.15, -0.1) is 0 Å². The van der Waals surface area contributed by atoms with E-state index in [0.717, 1.165) is 53.7 Å². The van der Waals surface area contributed by atoms with Crippen molar-refractivity contribution in [3.05, 3.63) is 76.2 Å². The molecule has 1 unspecified atom stereocenters. The molecule has 0 aliphatic carbocycles. The van der Waals surface area contributed by atoms with Gasteiger partial charge in [-0.3, -0.25) is 0 Å². The molecule has 2 aromatic carbocycles. The molecular formula is C24H27FN4. The molecule has 0 spiro atoms. The van der Waals surface area contributed by atoms with Gasteiger partial charge in [-0.05, 0) is 68.5 Å². The average Bonchev–Trinajstić information content (AvgIpc) is 2.72. The Morgan fingerprint density at radius 1 is 1.10 bits per heavy atom. The van der Waals surface area contributed by atoms with Crippen molar-refractivity contribution in [2.75, 3.05) is 16.8 Å². The highest BCUT2D eigenvalue weighted by atomic mass is 19.1. The van der Waals surface area contributed by atoms with Crippen LogP contribution < -0.4 is 10.2 Å². The molecule has 0 amide bonds. The van der Waals surface area contributed by atoms with Gasteiger partial charge < -0.3 is 10.2 Å². The van der Waals surface area contributed by atoms with Crippen LogP contribution in [0.15, 0.2) is 42.5 Å². The molecule has 29 heavy (non-hydrogen) atoms. The minimum Gasteiger partial charge on any atom is -0.340 e. The number of nitrogens with one attached hydrogen (secondary N) is 1. The molecule has 150 valence electrons. The largest absolute Gasteiger partial charge is 0.340 e. The molecule has 1 aliphatic rings. The normalized spacial score (nSPS) is 15.9. The van der Waals surface area contributed by atoms with Crippen molar-refractivity contribution >= 4 is 17.5 Å². The summed E-state index contributed by atoms with van der Waals surface area (Å²) in [6.45, 7) is 9.03. The highest BCUT2D eigenvalue weighted by Gasteiger charge is 2.28. The average molecular weight is 391 g/mol. The van der Waals surface area contributed by atoms with Gasteiger partial charge in [-0.2, -0.15) is 4.98 Å². The molecule has 1 aliphatic heterocycles. The van der Waals surface area contributed by atoms with Gasteiger partial charge in [-0.1, -0.05) is 31.2 Å². The molecule has 4 rings (SSSR count). The predicted molar refractivity (Wildman–Crippen MR) is 116 cm³/mol. The molecule has 0 saturated carbocycles. The monoisotopic (exact) mass is 390 g/mol. The van der Waals surface area contributed by atoms with Gasteiger partial charge >= 0.3 is 0 Å². The predicted octanol–water partition coefficient (Wildman–Crippen LogP) is 5.80. The summed E-state index contributed by atoms with van der Waals surface area (Å²) in [7, 11) is 0. The second kappa shape index (κ2) is 7.82. The van der Waals surface area contributed by atoms with Gasteiger partial charge in [-0.25, -0.2) is 9.37 Å². The van der Waals surface area contributed by atoms with E-state index in [1.54, 1.807) is 6.07 Å². The molecule has 0 radical (unpaired) electrons. The van der Waals surface area contributed by atoms with Gasteiger partial charge in [0.25, 0.3) is 0 Å². The first-order valence-corrected chi connectivity index (χ1v) is 10.2. The third kappa shape index (κ3) is 3.69. The Morgan fingerprint density at radius 3 is 2.66 bits per heavy atom. The molecule has 1 aromatic heterocycles. The number of aromatic nitrogens is 2. The molecule has 2 heterocycles. The van der Waals surface area contributed by atoms with Gasteiger partial charge in [0, 0.05) is 23.5 Å². The summed E-state index contributed by atoms with van der Waals surface area (Å²) >= 11 is 0. The van der Waals surface area contributed by atoms with E-state index in [2.05, 4.69) is 41.4 Å². The van der Waals surface area contributed by atoms with Crippen molar-refractivity contribution in [2.45, 2.75) is 46.6 Å². The Balaban J connectivity index is 1.72.